The fraction of sp³-hybridized carbons (Fsp3) is 0.591. The zero-order chi connectivity index (χ0) is 19.3. The van der Waals surface area contributed by atoms with Crippen molar-refractivity contribution in [1.29, 1.82) is 0 Å². The van der Waals surface area contributed by atoms with E-state index in [-0.39, 0.29) is 0 Å². The smallest absolute Gasteiger partial charge is 0.180 e. The number of thiazole rings is 1. The molecule has 2 N–H and O–H groups in total. The maximum Gasteiger partial charge on any atom is 0.180 e. The molecular formula is C22H33N5S. The van der Waals surface area contributed by atoms with E-state index in [9.17, 15) is 0 Å². The fourth-order valence-electron chi connectivity index (χ4n) is 4.60. The van der Waals surface area contributed by atoms with E-state index in [1.54, 1.807) is 11.3 Å². The molecule has 0 bridgehead atoms. The number of nitrogens with zero attached hydrogens (tertiary/aromatic N) is 4. The average Bonchev–Trinajstić information content (AvgIpc) is 3.11. The quantitative estimate of drug-likeness (QED) is 0.775. The van der Waals surface area contributed by atoms with Gasteiger partial charge in [-0.25, -0.2) is 4.98 Å². The van der Waals surface area contributed by atoms with E-state index in [4.69, 9.17) is 5.73 Å². The molecular weight excluding hydrogens is 366 g/mol. The van der Waals surface area contributed by atoms with Crippen LogP contribution in [0, 0.1) is 0 Å². The van der Waals surface area contributed by atoms with Gasteiger partial charge in [0.15, 0.2) is 5.13 Å². The zero-order valence-corrected chi connectivity index (χ0v) is 17.8. The number of benzene rings is 1. The molecule has 1 fully saturated rings. The van der Waals surface area contributed by atoms with Gasteiger partial charge in [0.25, 0.3) is 0 Å². The molecule has 6 heteroatoms. The van der Waals surface area contributed by atoms with Gasteiger partial charge in [0.1, 0.15) is 0 Å². The molecule has 1 atom stereocenters. The summed E-state index contributed by atoms with van der Waals surface area (Å²) in [5, 5.41) is 0.740. The highest BCUT2D eigenvalue weighted by Gasteiger charge is 2.27. The van der Waals surface area contributed by atoms with Gasteiger partial charge < -0.3 is 10.6 Å². The van der Waals surface area contributed by atoms with Crippen LogP contribution in [0.4, 0.5) is 10.8 Å². The maximum absolute atomic E-state index is 5.93. The fourth-order valence-corrected chi connectivity index (χ4v) is 5.47. The van der Waals surface area contributed by atoms with Crippen molar-refractivity contribution in [1.82, 2.24) is 14.8 Å². The van der Waals surface area contributed by atoms with Gasteiger partial charge in [-0.15, -0.1) is 11.3 Å². The number of nitrogen functional groups attached to an aromatic ring is 1. The predicted octanol–water partition coefficient (Wildman–Crippen LogP) is 3.12. The number of piperazine rings is 1. The lowest BCUT2D eigenvalue weighted by atomic mass is 9.96. The van der Waals surface area contributed by atoms with E-state index in [1.807, 2.05) is 0 Å². The third-order valence-corrected chi connectivity index (χ3v) is 7.14. The number of nitrogens with two attached hydrogens (primary N) is 1. The van der Waals surface area contributed by atoms with Crippen LogP contribution < -0.4 is 10.6 Å². The Hall–Kier alpha value is -1.63. The van der Waals surface area contributed by atoms with Crippen LogP contribution in [0.3, 0.4) is 0 Å². The molecule has 28 heavy (non-hydrogen) atoms. The molecule has 152 valence electrons. The van der Waals surface area contributed by atoms with Gasteiger partial charge in [0.05, 0.1) is 5.69 Å². The molecule has 2 aliphatic rings. The second-order valence-corrected chi connectivity index (χ2v) is 9.13. The summed E-state index contributed by atoms with van der Waals surface area (Å²) >= 11 is 1.69. The van der Waals surface area contributed by atoms with Crippen molar-refractivity contribution in [2.75, 3.05) is 56.4 Å². The SMILES string of the molecule is CCCN(CCN1CCN(c2ccccc2)CC1)C1CCc2sc(N)nc2C1. The Bertz CT molecular complexity index is 739. The molecule has 4 rings (SSSR count). The van der Waals surface area contributed by atoms with Crippen molar-refractivity contribution in [3.8, 4) is 0 Å². The van der Waals surface area contributed by atoms with Gasteiger partial charge >= 0.3 is 0 Å². The third kappa shape index (κ3) is 4.67. The Labute approximate surface area is 173 Å². The minimum absolute atomic E-state index is 0.625. The summed E-state index contributed by atoms with van der Waals surface area (Å²) in [6, 6.07) is 11.4. The van der Waals surface area contributed by atoms with E-state index < -0.39 is 0 Å². The standard InChI is InChI=1S/C22H33N5S/c1-2-10-26(19-8-9-21-20(17-19)24-22(23)28-21)14-11-25-12-15-27(16-13-25)18-6-4-3-5-7-18/h3-7,19H,2,8-17H2,1H3,(H2,23,24). The summed E-state index contributed by atoms with van der Waals surface area (Å²) in [6.07, 6.45) is 4.68. The molecule has 2 aromatic rings. The van der Waals surface area contributed by atoms with E-state index in [0.29, 0.717) is 6.04 Å². The first kappa shape index (κ1) is 19.7. The minimum Gasteiger partial charge on any atom is -0.375 e. The highest BCUT2D eigenvalue weighted by Crippen LogP contribution is 2.30. The molecule has 0 amide bonds. The number of fused-ring (bicyclic) bond motifs is 1. The van der Waals surface area contributed by atoms with E-state index in [1.165, 1.54) is 48.7 Å². The summed E-state index contributed by atoms with van der Waals surface area (Å²) in [5.74, 6) is 0. The third-order valence-electron chi connectivity index (χ3n) is 6.15. The van der Waals surface area contributed by atoms with Crippen LogP contribution in [0.5, 0.6) is 0 Å². The van der Waals surface area contributed by atoms with Crippen molar-refractivity contribution < 1.29 is 0 Å². The Morgan fingerprint density at radius 2 is 1.93 bits per heavy atom. The number of anilines is 2. The van der Waals surface area contributed by atoms with Crippen LogP contribution in [0.15, 0.2) is 30.3 Å². The lowest BCUT2D eigenvalue weighted by Gasteiger charge is -2.39. The zero-order valence-electron chi connectivity index (χ0n) is 17.0. The molecule has 1 aromatic carbocycles. The van der Waals surface area contributed by atoms with Crippen molar-refractivity contribution in [2.45, 2.75) is 38.6 Å². The molecule has 5 nitrogen and oxygen atoms in total. The Morgan fingerprint density at radius 3 is 2.68 bits per heavy atom. The summed E-state index contributed by atoms with van der Waals surface area (Å²) in [4.78, 5) is 13.9. The Morgan fingerprint density at radius 1 is 1.14 bits per heavy atom. The lowest BCUT2D eigenvalue weighted by Crippen LogP contribution is -2.50. The number of rotatable bonds is 7. The van der Waals surface area contributed by atoms with Crippen LogP contribution in [-0.2, 0) is 12.8 Å². The minimum atomic E-state index is 0.625. The van der Waals surface area contributed by atoms with Gasteiger partial charge in [-0.05, 0) is 37.9 Å². The van der Waals surface area contributed by atoms with Crippen molar-refractivity contribution >= 4 is 22.2 Å². The van der Waals surface area contributed by atoms with Gasteiger partial charge in [0.2, 0.25) is 0 Å². The molecule has 2 heterocycles. The van der Waals surface area contributed by atoms with Crippen molar-refractivity contribution in [3.63, 3.8) is 0 Å². The molecule has 1 unspecified atom stereocenters. The second-order valence-electron chi connectivity index (χ2n) is 8.02. The number of aryl methyl sites for hydroxylation is 1. The molecule has 1 aromatic heterocycles. The van der Waals surface area contributed by atoms with E-state index in [0.717, 1.165) is 44.2 Å². The topological polar surface area (TPSA) is 48.6 Å². The maximum atomic E-state index is 5.93. The summed E-state index contributed by atoms with van der Waals surface area (Å²) in [5.41, 5.74) is 8.55. The predicted molar refractivity (Wildman–Crippen MR) is 119 cm³/mol. The molecule has 1 aliphatic carbocycles. The van der Waals surface area contributed by atoms with E-state index >= 15 is 0 Å². The molecule has 0 saturated carbocycles. The van der Waals surface area contributed by atoms with Gasteiger partial charge in [-0.2, -0.15) is 0 Å². The number of hydrogen-bond donors (Lipinski definition) is 1. The first-order valence-corrected chi connectivity index (χ1v) is 11.5. The highest BCUT2D eigenvalue weighted by atomic mass is 32.1. The van der Waals surface area contributed by atoms with Crippen LogP contribution in [0.2, 0.25) is 0 Å². The van der Waals surface area contributed by atoms with Gasteiger partial charge in [-0.1, -0.05) is 25.1 Å². The van der Waals surface area contributed by atoms with Crippen LogP contribution >= 0.6 is 11.3 Å². The molecule has 1 aliphatic heterocycles. The largest absolute Gasteiger partial charge is 0.375 e. The summed E-state index contributed by atoms with van der Waals surface area (Å²) in [7, 11) is 0. The van der Waals surface area contributed by atoms with Crippen molar-refractivity contribution in [2.24, 2.45) is 0 Å². The highest BCUT2D eigenvalue weighted by molar-refractivity contribution is 7.15. The van der Waals surface area contributed by atoms with Crippen LogP contribution in [-0.4, -0.2) is 66.6 Å². The second kappa shape index (κ2) is 9.25. The van der Waals surface area contributed by atoms with Crippen LogP contribution in [0.25, 0.3) is 0 Å². The average molecular weight is 400 g/mol. The number of aromatic nitrogens is 1. The first-order valence-electron chi connectivity index (χ1n) is 10.7. The van der Waals surface area contributed by atoms with Gasteiger partial charge in [0, 0.05) is 62.3 Å². The van der Waals surface area contributed by atoms with E-state index in [2.05, 4.69) is 56.9 Å². The number of para-hydroxylation sites is 1. The Kier molecular flexibility index (Phi) is 6.50. The number of hydrogen-bond acceptors (Lipinski definition) is 6. The summed E-state index contributed by atoms with van der Waals surface area (Å²) < 4.78 is 0. The van der Waals surface area contributed by atoms with Crippen LogP contribution in [0.1, 0.15) is 30.3 Å². The normalized spacial score (nSPS) is 20.5. The Balaban J connectivity index is 1.28. The molecule has 0 radical (unpaired) electrons. The summed E-state index contributed by atoms with van der Waals surface area (Å²) in [6.45, 7) is 10.4. The molecule has 1 saturated heterocycles. The lowest BCUT2D eigenvalue weighted by molar-refractivity contribution is 0.145. The molecule has 0 spiro atoms. The monoisotopic (exact) mass is 399 g/mol. The van der Waals surface area contributed by atoms with Gasteiger partial charge in [-0.3, -0.25) is 9.80 Å². The van der Waals surface area contributed by atoms with Crippen molar-refractivity contribution in [3.05, 3.63) is 40.9 Å². The first-order chi connectivity index (χ1) is 13.7.